The van der Waals surface area contributed by atoms with Gasteiger partial charge < -0.3 is 9.84 Å². The SMILES string of the molecule is COC1CC(O)CC(C)(C)C1. The molecule has 2 nitrogen and oxygen atoms in total. The van der Waals surface area contributed by atoms with Gasteiger partial charge in [0.05, 0.1) is 12.2 Å². The van der Waals surface area contributed by atoms with E-state index >= 15 is 0 Å². The van der Waals surface area contributed by atoms with Crippen LogP contribution in [-0.4, -0.2) is 24.4 Å². The number of aliphatic hydroxyl groups is 1. The number of ether oxygens (including phenoxy) is 1. The first-order chi connectivity index (χ1) is 5.03. The largest absolute Gasteiger partial charge is 0.393 e. The van der Waals surface area contributed by atoms with Crippen LogP contribution < -0.4 is 0 Å². The van der Waals surface area contributed by atoms with Crippen molar-refractivity contribution in [2.75, 3.05) is 7.11 Å². The third-order valence-electron chi connectivity index (χ3n) is 2.44. The second-order valence-electron chi connectivity index (χ2n) is 4.32. The summed E-state index contributed by atoms with van der Waals surface area (Å²) >= 11 is 0. The third-order valence-corrected chi connectivity index (χ3v) is 2.44. The molecule has 0 aromatic rings. The molecule has 0 amide bonds. The van der Waals surface area contributed by atoms with Gasteiger partial charge in [-0.1, -0.05) is 13.8 Å². The summed E-state index contributed by atoms with van der Waals surface area (Å²) in [6.07, 6.45) is 2.88. The van der Waals surface area contributed by atoms with Gasteiger partial charge >= 0.3 is 0 Å². The summed E-state index contributed by atoms with van der Waals surface area (Å²) in [6, 6.07) is 0. The predicted octanol–water partition coefficient (Wildman–Crippen LogP) is 1.57. The van der Waals surface area contributed by atoms with Crippen LogP contribution in [0.5, 0.6) is 0 Å². The standard InChI is InChI=1S/C9H18O2/c1-9(2)5-7(10)4-8(6-9)11-3/h7-8,10H,4-6H2,1-3H3. The van der Waals surface area contributed by atoms with Gasteiger partial charge in [-0.15, -0.1) is 0 Å². The Morgan fingerprint density at radius 3 is 2.45 bits per heavy atom. The van der Waals surface area contributed by atoms with Crippen LogP contribution >= 0.6 is 0 Å². The molecule has 1 aliphatic rings. The molecule has 0 spiro atoms. The Morgan fingerprint density at radius 1 is 1.36 bits per heavy atom. The van der Waals surface area contributed by atoms with E-state index < -0.39 is 0 Å². The molecule has 1 fully saturated rings. The first kappa shape index (κ1) is 9.01. The van der Waals surface area contributed by atoms with Crippen molar-refractivity contribution in [3.8, 4) is 0 Å². The lowest BCUT2D eigenvalue weighted by atomic mass is 9.75. The van der Waals surface area contributed by atoms with E-state index in [-0.39, 0.29) is 17.6 Å². The van der Waals surface area contributed by atoms with Gasteiger partial charge in [0.15, 0.2) is 0 Å². The summed E-state index contributed by atoms with van der Waals surface area (Å²) < 4.78 is 5.24. The Hall–Kier alpha value is -0.0800. The van der Waals surface area contributed by atoms with E-state index in [2.05, 4.69) is 13.8 Å². The van der Waals surface area contributed by atoms with E-state index in [1.807, 2.05) is 0 Å². The van der Waals surface area contributed by atoms with Crippen LogP contribution in [0.4, 0.5) is 0 Å². The normalized spacial score (nSPS) is 37.1. The Labute approximate surface area is 68.6 Å². The topological polar surface area (TPSA) is 29.5 Å². The van der Waals surface area contributed by atoms with E-state index in [9.17, 15) is 5.11 Å². The van der Waals surface area contributed by atoms with Crippen molar-refractivity contribution < 1.29 is 9.84 Å². The molecule has 0 heterocycles. The van der Waals surface area contributed by atoms with Crippen LogP contribution in [0.3, 0.4) is 0 Å². The fourth-order valence-electron chi connectivity index (χ4n) is 1.99. The van der Waals surface area contributed by atoms with Gasteiger partial charge in [-0.05, 0) is 24.7 Å². The molecule has 0 aliphatic heterocycles. The van der Waals surface area contributed by atoms with Crippen LogP contribution in [0.1, 0.15) is 33.1 Å². The van der Waals surface area contributed by atoms with Crippen molar-refractivity contribution in [2.45, 2.75) is 45.3 Å². The van der Waals surface area contributed by atoms with Crippen molar-refractivity contribution in [1.29, 1.82) is 0 Å². The van der Waals surface area contributed by atoms with Crippen molar-refractivity contribution in [2.24, 2.45) is 5.41 Å². The van der Waals surface area contributed by atoms with Gasteiger partial charge in [-0.25, -0.2) is 0 Å². The maximum Gasteiger partial charge on any atom is 0.0601 e. The highest BCUT2D eigenvalue weighted by molar-refractivity contribution is 4.84. The Kier molecular flexibility index (Phi) is 2.55. The molecule has 0 aromatic carbocycles. The summed E-state index contributed by atoms with van der Waals surface area (Å²) in [6.45, 7) is 4.36. The average molecular weight is 158 g/mol. The summed E-state index contributed by atoms with van der Waals surface area (Å²) in [7, 11) is 1.72. The maximum atomic E-state index is 9.47. The van der Waals surface area contributed by atoms with Gasteiger partial charge in [-0.3, -0.25) is 0 Å². The van der Waals surface area contributed by atoms with Crippen LogP contribution in [0.15, 0.2) is 0 Å². The summed E-state index contributed by atoms with van der Waals surface area (Å²) in [5, 5.41) is 9.47. The molecule has 66 valence electrons. The highest BCUT2D eigenvalue weighted by atomic mass is 16.5. The number of aliphatic hydroxyl groups excluding tert-OH is 1. The fraction of sp³-hybridized carbons (Fsp3) is 1.00. The Morgan fingerprint density at radius 2 is 2.00 bits per heavy atom. The summed E-state index contributed by atoms with van der Waals surface area (Å²) in [5.41, 5.74) is 0.248. The maximum absolute atomic E-state index is 9.47. The van der Waals surface area contributed by atoms with Gasteiger partial charge in [0.2, 0.25) is 0 Å². The lowest BCUT2D eigenvalue weighted by molar-refractivity contribution is -0.0354. The van der Waals surface area contributed by atoms with Gasteiger partial charge in [0, 0.05) is 7.11 Å². The van der Waals surface area contributed by atoms with Gasteiger partial charge in [0.25, 0.3) is 0 Å². The Balaban J connectivity index is 2.51. The molecular weight excluding hydrogens is 140 g/mol. The molecular formula is C9H18O2. The molecule has 2 unspecified atom stereocenters. The number of hydrogen-bond donors (Lipinski definition) is 1. The van der Waals surface area contributed by atoms with Crippen molar-refractivity contribution in [3.63, 3.8) is 0 Å². The highest BCUT2D eigenvalue weighted by Gasteiger charge is 2.32. The van der Waals surface area contributed by atoms with Gasteiger partial charge in [-0.2, -0.15) is 0 Å². The van der Waals surface area contributed by atoms with E-state index in [1.54, 1.807) is 7.11 Å². The van der Waals surface area contributed by atoms with Gasteiger partial charge in [0.1, 0.15) is 0 Å². The van der Waals surface area contributed by atoms with Crippen molar-refractivity contribution in [1.82, 2.24) is 0 Å². The number of rotatable bonds is 1. The molecule has 1 N–H and O–H groups in total. The third kappa shape index (κ3) is 2.46. The summed E-state index contributed by atoms with van der Waals surface area (Å²) in [4.78, 5) is 0. The zero-order chi connectivity index (χ0) is 8.48. The van der Waals surface area contributed by atoms with Crippen molar-refractivity contribution >= 4 is 0 Å². The fourth-order valence-corrected chi connectivity index (χ4v) is 1.99. The van der Waals surface area contributed by atoms with Crippen molar-refractivity contribution in [3.05, 3.63) is 0 Å². The van der Waals surface area contributed by atoms with E-state index in [1.165, 1.54) is 0 Å². The molecule has 1 rings (SSSR count). The smallest absolute Gasteiger partial charge is 0.0601 e. The molecule has 0 radical (unpaired) electrons. The summed E-state index contributed by atoms with van der Waals surface area (Å²) in [5.74, 6) is 0. The van der Waals surface area contributed by atoms with E-state index in [0.717, 1.165) is 19.3 Å². The van der Waals surface area contributed by atoms with Crippen LogP contribution in [0.2, 0.25) is 0 Å². The lowest BCUT2D eigenvalue weighted by Crippen LogP contribution is -2.35. The highest BCUT2D eigenvalue weighted by Crippen LogP contribution is 2.36. The molecule has 0 saturated heterocycles. The monoisotopic (exact) mass is 158 g/mol. The Bertz CT molecular complexity index is 132. The molecule has 0 bridgehead atoms. The lowest BCUT2D eigenvalue weighted by Gasteiger charge is -2.37. The minimum absolute atomic E-state index is 0.163. The minimum Gasteiger partial charge on any atom is -0.393 e. The number of hydrogen-bond acceptors (Lipinski definition) is 2. The first-order valence-corrected chi connectivity index (χ1v) is 4.24. The number of methoxy groups -OCH3 is 1. The van der Waals surface area contributed by atoms with E-state index in [0.29, 0.717) is 0 Å². The van der Waals surface area contributed by atoms with E-state index in [4.69, 9.17) is 4.74 Å². The quantitative estimate of drug-likeness (QED) is 0.627. The predicted molar refractivity (Wildman–Crippen MR) is 44.4 cm³/mol. The molecule has 0 aromatic heterocycles. The minimum atomic E-state index is -0.163. The molecule has 2 atom stereocenters. The zero-order valence-electron chi connectivity index (χ0n) is 7.63. The molecule has 11 heavy (non-hydrogen) atoms. The molecule has 1 aliphatic carbocycles. The second-order valence-corrected chi connectivity index (χ2v) is 4.32. The van der Waals surface area contributed by atoms with Crippen LogP contribution in [0, 0.1) is 5.41 Å². The van der Waals surface area contributed by atoms with Crippen LogP contribution in [-0.2, 0) is 4.74 Å². The second kappa shape index (κ2) is 3.11. The first-order valence-electron chi connectivity index (χ1n) is 4.24. The van der Waals surface area contributed by atoms with Crippen LogP contribution in [0.25, 0.3) is 0 Å². The zero-order valence-corrected chi connectivity index (χ0v) is 7.63. The molecule has 2 heteroatoms. The molecule has 1 saturated carbocycles. The average Bonchev–Trinajstić information content (AvgIpc) is 1.83.